The standard InChI is InChI=1S/C53H82O24/c1-20-30(58)33(61)36(64)42(70-20)74-39-21(2)71-43(38(66)35(39)63)75-40-31(59)24(56)18-69-45(40)77-46(67)52-13-12-48(3,4)14-23(52)22-8-9-27-49(5)15-25-41(76-44-37(65)34(62)32(60)26(17-54)72-44)53(19-55,47(68)73-25)28(49)10-11-50(27,6)51(22,7)16-29(52)57/h8,20-21,23-45,54-66H,9-19H2,1-7H3. The summed E-state index contributed by atoms with van der Waals surface area (Å²) in [6.45, 7) is 11.7. The van der Waals surface area contributed by atoms with Crippen LogP contribution in [-0.2, 0) is 52.2 Å². The summed E-state index contributed by atoms with van der Waals surface area (Å²) in [6.07, 6.45) is -28.1. The van der Waals surface area contributed by atoms with Gasteiger partial charge in [-0.05, 0) is 105 Å². The Morgan fingerprint density at radius 2 is 1.29 bits per heavy atom. The van der Waals surface area contributed by atoms with Gasteiger partial charge in [0.05, 0.1) is 38.1 Å². The Hall–Kier alpha value is -2.12. The largest absolute Gasteiger partial charge is 0.459 e. The molecule has 5 heterocycles. The summed E-state index contributed by atoms with van der Waals surface area (Å²) >= 11 is 0. The third kappa shape index (κ3) is 8.67. The molecule has 0 aromatic carbocycles. The second kappa shape index (κ2) is 20.3. The minimum atomic E-state index is -1.91. The van der Waals surface area contributed by atoms with E-state index in [9.17, 15) is 71.2 Å². The van der Waals surface area contributed by atoms with Crippen molar-refractivity contribution in [1.82, 2.24) is 0 Å². The van der Waals surface area contributed by atoms with Crippen molar-refractivity contribution >= 4 is 11.9 Å². The van der Waals surface area contributed by atoms with Crippen LogP contribution in [-0.4, -0.2) is 233 Å². The van der Waals surface area contributed by atoms with Crippen molar-refractivity contribution in [2.24, 2.45) is 50.2 Å². The first-order chi connectivity index (χ1) is 36.1. The van der Waals surface area contributed by atoms with E-state index in [0.717, 1.165) is 5.57 Å². The quantitative estimate of drug-likeness (QED) is 0.0594. The third-order valence-electron chi connectivity index (χ3n) is 21.3. The number of ether oxygens (including phenoxy) is 9. The molecule has 30 unspecified atom stereocenters. The molecule has 24 heteroatoms. The van der Waals surface area contributed by atoms with E-state index in [-0.39, 0.29) is 30.6 Å². The lowest BCUT2D eigenvalue weighted by atomic mass is 9.33. The Labute approximate surface area is 446 Å². The normalized spacial score (nSPS) is 56.1. The van der Waals surface area contributed by atoms with Gasteiger partial charge in [0.15, 0.2) is 25.0 Å². The molecule has 4 saturated carbocycles. The van der Waals surface area contributed by atoms with Crippen molar-refractivity contribution in [3.05, 3.63) is 11.6 Å². The summed E-state index contributed by atoms with van der Waals surface area (Å²) in [4.78, 5) is 29.6. The highest BCUT2D eigenvalue weighted by Crippen LogP contribution is 2.77. The summed E-state index contributed by atoms with van der Waals surface area (Å²) in [5, 5.41) is 142. The summed E-state index contributed by atoms with van der Waals surface area (Å²) in [5.74, 6) is -2.74. The predicted octanol–water partition coefficient (Wildman–Crippen LogP) is -2.88. The number of rotatable bonds is 10. The maximum atomic E-state index is 15.3. The van der Waals surface area contributed by atoms with Crippen molar-refractivity contribution in [2.75, 3.05) is 19.8 Å². The van der Waals surface area contributed by atoms with E-state index < -0.39 is 206 Å². The molecule has 0 aromatic heterocycles. The van der Waals surface area contributed by atoms with E-state index in [4.69, 9.17) is 42.6 Å². The molecular weight excluding hydrogens is 1020 g/mol. The molecule has 9 fully saturated rings. The van der Waals surface area contributed by atoms with E-state index in [0.29, 0.717) is 32.1 Å². The van der Waals surface area contributed by atoms with Crippen LogP contribution in [0.5, 0.6) is 0 Å². The fourth-order valence-electron chi connectivity index (χ4n) is 16.7. The minimum Gasteiger partial charge on any atom is -0.459 e. The van der Waals surface area contributed by atoms with Crippen LogP contribution in [0.4, 0.5) is 0 Å². The fraction of sp³-hybridized carbons (Fsp3) is 0.925. The SMILES string of the molecule is CC1OC(OC2C(C)OC(OC3C(OC(=O)C45CCC(C)(C)CC4C4=CCC6C7(C)CC8OC(=O)C(CO)(C8OC8OC(CO)C(O)C(O)C8O)C7CCC6(C)C4(C)CC5O)OCC(O)C3O)C(O)C2O)C(O)C(O)C1O. The van der Waals surface area contributed by atoms with Crippen LogP contribution in [0.2, 0.25) is 0 Å². The van der Waals surface area contributed by atoms with E-state index in [2.05, 4.69) is 40.7 Å². The molecule has 0 radical (unpaired) electrons. The van der Waals surface area contributed by atoms with E-state index >= 15 is 4.79 Å². The molecule has 5 saturated heterocycles. The van der Waals surface area contributed by atoms with Crippen molar-refractivity contribution in [2.45, 2.75) is 235 Å². The van der Waals surface area contributed by atoms with Crippen molar-refractivity contribution in [3.8, 4) is 0 Å². The van der Waals surface area contributed by atoms with E-state index in [1.165, 1.54) is 13.8 Å². The zero-order valence-corrected chi connectivity index (χ0v) is 44.6. The van der Waals surface area contributed by atoms with Gasteiger partial charge < -0.3 is 109 Å². The molecule has 24 nitrogen and oxygen atoms in total. The van der Waals surface area contributed by atoms with E-state index in [1.807, 2.05) is 0 Å². The second-order valence-corrected chi connectivity index (χ2v) is 25.8. The molecule has 5 aliphatic carbocycles. The van der Waals surface area contributed by atoms with Crippen molar-refractivity contribution < 1.29 is 119 Å². The van der Waals surface area contributed by atoms with Crippen LogP contribution in [0, 0.1) is 50.2 Å². The fourth-order valence-corrected chi connectivity index (χ4v) is 16.7. The molecule has 0 amide bonds. The number of hydrogen-bond donors (Lipinski definition) is 13. The predicted molar refractivity (Wildman–Crippen MR) is 256 cm³/mol. The zero-order chi connectivity index (χ0) is 56.0. The number of carbonyl (C=O) groups is 2. The average Bonchev–Trinajstić information content (AvgIpc) is 3.57. The smallest absolute Gasteiger partial charge is 0.317 e. The van der Waals surface area contributed by atoms with E-state index in [1.54, 1.807) is 0 Å². The maximum Gasteiger partial charge on any atom is 0.317 e. The van der Waals surface area contributed by atoms with Crippen molar-refractivity contribution in [1.29, 1.82) is 0 Å². The first-order valence-corrected chi connectivity index (χ1v) is 27.4. The highest BCUT2D eigenvalue weighted by Gasteiger charge is 2.77. The summed E-state index contributed by atoms with van der Waals surface area (Å²) in [6, 6.07) is 0. The number of hydrogen-bond acceptors (Lipinski definition) is 24. The third-order valence-corrected chi connectivity index (χ3v) is 21.3. The molecular formula is C53H82O24. The molecule has 13 N–H and O–H groups in total. The summed E-state index contributed by atoms with van der Waals surface area (Å²) < 4.78 is 53.6. The highest BCUT2D eigenvalue weighted by molar-refractivity contribution is 5.82. The molecule has 77 heavy (non-hydrogen) atoms. The number of fused-ring (bicyclic) bond motifs is 10. The molecule has 438 valence electrons. The average molecular weight is 1100 g/mol. The number of aliphatic hydroxyl groups is 13. The summed E-state index contributed by atoms with van der Waals surface area (Å²) in [7, 11) is 0. The van der Waals surface area contributed by atoms with Gasteiger partial charge in [0, 0.05) is 0 Å². The first kappa shape index (κ1) is 58.1. The Kier molecular flexibility index (Phi) is 15.3. The monoisotopic (exact) mass is 1100 g/mol. The van der Waals surface area contributed by atoms with Crippen LogP contribution in [0.25, 0.3) is 0 Å². The molecule has 10 aliphatic rings. The lowest BCUT2D eigenvalue weighted by molar-refractivity contribution is -0.373. The first-order valence-electron chi connectivity index (χ1n) is 27.4. The van der Waals surface area contributed by atoms with Gasteiger partial charge in [-0.15, -0.1) is 0 Å². The van der Waals surface area contributed by atoms with Crippen LogP contribution in [0.1, 0.15) is 99.8 Å². The van der Waals surface area contributed by atoms with Gasteiger partial charge in [0.2, 0.25) is 6.29 Å². The number of aliphatic hydroxyl groups excluding tert-OH is 13. The molecule has 30 atom stereocenters. The van der Waals surface area contributed by atoms with Crippen molar-refractivity contribution in [3.63, 3.8) is 0 Å². The Morgan fingerprint density at radius 3 is 1.95 bits per heavy atom. The molecule has 2 bridgehead atoms. The van der Waals surface area contributed by atoms with Gasteiger partial charge in [-0.3, -0.25) is 9.59 Å². The number of allylic oxidation sites excluding steroid dienone is 2. The number of esters is 2. The van der Waals surface area contributed by atoms with Gasteiger partial charge >= 0.3 is 11.9 Å². The lowest BCUT2D eigenvalue weighted by Gasteiger charge is -2.71. The molecule has 0 aromatic rings. The van der Waals surface area contributed by atoms with Crippen LogP contribution < -0.4 is 0 Å². The number of carbonyl (C=O) groups excluding carboxylic acids is 2. The van der Waals surface area contributed by atoms with Crippen LogP contribution >= 0.6 is 0 Å². The Morgan fingerprint density at radius 1 is 0.662 bits per heavy atom. The highest BCUT2D eigenvalue weighted by atomic mass is 16.8. The van der Waals surface area contributed by atoms with Gasteiger partial charge in [0.25, 0.3) is 0 Å². The van der Waals surface area contributed by atoms with Gasteiger partial charge in [0.1, 0.15) is 96.3 Å². The Balaban J connectivity index is 0.902. The zero-order valence-electron chi connectivity index (χ0n) is 44.6. The second-order valence-electron chi connectivity index (χ2n) is 25.8. The topological polar surface area (TPSA) is 380 Å². The molecule has 5 aliphatic heterocycles. The van der Waals surface area contributed by atoms with Crippen LogP contribution in [0.15, 0.2) is 11.6 Å². The minimum absolute atomic E-state index is 0.126. The lowest BCUT2D eigenvalue weighted by Crippen LogP contribution is -2.70. The Bertz CT molecular complexity index is 2230. The summed E-state index contributed by atoms with van der Waals surface area (Å²) in [5.41, 5.74) is -4.48. The van der Waals surface area contributed by atoms with Gasteiger partial charge in [-0.2, -0.15) is 0 Å². The van der Waals surface area contributed by atoms with Gasteiger partial charge in [-0.1, -0.05) is 46.3 Å². The maximum absolute atomic E-state index is 15.3. The molecule has 10 rings (SSSR count). The molecule has 0 spiro atoms. The van der Waals surface area contributed by atoms with Gasteiger partial charge in [-0.25, -0.2) is 0 Å². The van der Waals surface area contributed by atoms with Crippen LogP contribution in [0.3, 0.4) is 0 Å².